The molecule has 0 radical (unpaired) electrons. The van der Waals surface area contributed by atoms with Gasteiger partial charge in [0, 0.05) is 29.7 Å². The van der Waals surface area contributed by atoms with Crippen LogP contribution in [0.4, 0.5) is 13.2 Å². The fourth-order valence-electron chi connectivity index (χ4n) is 1.90. The van der Waals surface area contributed by atoms with Crippen molar-refractivity contribution in [2.45, 2.75) is 6.55 Å². The van der Waals surface area contributed by atoms with Crippen LogP contribution in [0.1, 0.15) is 6.55 Å². The van der Waals surface area contributed by atoms with Gasteiger partial charge in [-0.05, 0) is 18.2 Å². The number of pyridine rings is 1. The largest absolute Gasteiger partial charge is 0.367 e. The topological polar surface area (TPSA) is 46.5 Å². The highest BCUT2D eigenvalue weighted by atomic mass is 19.3. The molecule has 3 rings (SSSR count). The van der Waals surface area contributed by atoms with Gasteiger partial charge < -0.3 is 4.98 Å². The summed E-state index contributed by atoms with van der Waals surface area (Å²) >= 11 is 0. The SMILES string of the molecule is Fc1ccc(-c2nn(C(F)F)cc2-c2cc[nH]c2)nc1. The molecule has 0 bridgehead atoms. The van der Waals surface area contributed by atoms with Gasteiger partial charge in [0.15, 0.2) is 0 Å². The van der Waals surface area contributed by atoms with Crippen LogP contribution in [0.15, 0.2) is 43.0 Å². The molecule has 0 amide bonds. The van der Waals surface area contributed by atoms with Crippen LogP contribution in [0.25, 0.3) is 22.5 Å². The number of rotatable bonds is 3. The first-order valence-electron chi connectivity index (χ1n) is 5.77. The maximum absolute atomic E-state index is 12.9. The van der Waals surface area contributed by atoms with Crippen LogP contribution in [0.3, 0.4) is 0 Å². The van der Waals surface area contributed by atoms with Gasteiger partial charge in [0.05, 0.1) is 11.9 Å². The summed E-state index contributed by atoms with van der Waals surface area (Å²) in [5.74, 6) is -0.495. The molecule has 0 aliphatic heterocycles. The molecule has 0 saturated carbocycles. The summed E-state index contributed by atoms with van der Waals surface area (Å²) in [6.07, 6.45) is 5.61. The van der Waals surface area contributed by atoms with Crippen LogP contribution < -0.4 is 0 Å². The molecule has 7 heteroatoms. The van der Waals surface area contributed by atoms with Crippen molar-refractivity contribution in [2.24, 2.45) is 0 Å². The summed E-state index contributed by atoms with van der Waals surface area (Å²) in [4.78, 5) is 6.74. The van der Waals surface area contributed by atoms with Gasteiger partial charge in [-0.1, -0.05) is 0 Å². The predicted molar refractivity (Wildman–Crippen MR) is 66.5 cm³/mol. The molecule has 3 aromatic rings. The molecule has 0 aliphatic rings. The monoisotopic (exact) mass is 278 g/mol. The Hall–Kier alpha value is -2.57. The predicted octanol–water partition coefficient (Wildman–Crippen LogP) is 3.47. The van der Waals surface area contributed by atoms with Gasteiger partial charge in [-0.15, -0.1) is 0 Å². The molecule has 3 heterocycles. The zero-order valence-corrected chi connectivity index (χ0v) is 10.1. The first kappa shape index (κ1) is 12.5. The Morgan fingerprint density at radius 2 is 2.05 bits per heavy atom. The number of aromatic nitrogens is 4. The molecule has 0 saturated heterocycles. The summed E-state index contributed by atoms with van der Waals surface area (Å²) < 4.78 is 39.0. The lowest BCUT2D eigenvalue weighted by Crippen LogP contribution is -1.98. The maximum atomic E-state index is 12.9. The van der Waals surface area contributed by atoms with E-state index >= 15 is 0 Å². The van der Waals surface area contributed by atoms with Crippen LogP contribution in [0.2, 0.25) is 0 Å². The molecular formula is C13H9F3N4. The van der Waals surface area contributed by atoms with E-state index in [1.807, 2.05) is 0 Å². The van der Waals surface area contributed by atoms with Gasteiger partial charge in [-0.3, -0.25) is 4.98 Å². The van der Waals surface area contributed by atoms with Crippen molar-refractivity contribution in [3.63, 3.8) is 0 Å². The van der Waals surface area contributed by atoms with E-state index in [0.29, 0.717) is 21.5 Å². The highest BCUT2D eigenvalue weighted by molar-refractivity contribution is 5.78. The Balaban J connectivity index is 2.15. The van der Waals surface area contributed by atoms with Crippen LogP contribution in [-0.4, -0.2) is 19.7 Å². The van der Waals surface area contributed by atoms with Crippen molar-refractivity contribution < 1.29 is 13.2 Å². The van der Waals surface area contributed by atoms with E-state index in [0.717, 1.165) is 6.20 Å². The zero-order valence-electron chi connectivity index (χ0n) is 10.1. The Labute approximate surface area is 111 Å². The number of nitrogens with zero attached hydrogens (tertiary/aromatic N) is 3. The zero-order chi connectivity index (χ0) is 14.1. The van der Waals surface area contributed by atoms with E-state index in [9.17, 15) is 13.2 Å². The third-order valence-corrected chi connectivity index (χ3v) is 2.81. The van der Waals surface area contributed by atoms with Gasteiger partial charge in [0.2, 0.25) is 0 Å². The number of H-pyrrole nitrogens is 1. The standard InChI is InChI=1S/C13H9F3N4/c14-9-1-2-11(18-6-9)12-10(8-3-4-17-5-8)7-20(19-12)13(15)16/h1-7,13,17H. The van der Waals surface area contributed by atoms with Crippen molar-refractivity contribution in [3.8, 4) is 22.5 Å². The van der Waals surface area contributed by atoms with Gasteiger partial charge in [-0.25, -0.2) is 9.07 Å². The van der Waals surface area contributed by atoms with Gasteiger partial charge in [-0.2, -0.15) is 13.9 Å². The average Bonchev–Trinajstić information content (AvgIpc) is 3.08. The van der Waals surface area contributed by atoms with Gasteiger partial charge >= 0.3 is 6.55 Å². The highest BCUT2D eigenvalue weighted by Gasteiger charge is 2.18. The highest BCUT2D eigenvalue weighted by Crippen LogP contribution is 2.31. The van der Waals surface area contributed by atoms with Crippen molar-refractivity contribution in [1.29, 1.82) is 0 Å². The van der Waals surface area contributed by atoms with Gasteiger partial charge in [0.1, 0.15) is 11.5 Å². The molecule has 3 aromatic heterocycles. The molecule has 0 atom stereocenters. The maximum Gasteiger partial charge on any atom is 0.333 e. The summed E-state index contributed by atoms with van der Waals surface area (Å²) in [6.45, 7) is -2.75. The summed E-state index contributed by atoms with van der Waals surface area (Å²) in [5.41, 5.74) is 1.83. The molecule has 0 aromatic carbocycles. The average molecular weight is 278 g/mol. The molecule has 102 valence electrons. The lowest BCUT2D eigenvalue weighted by Gasteiger charge is -1.99. The molecule has 0 fully saturated rings. The Bertz CT molecular complexity index is 702. The lowest BCUT2D eigenvalue weighted by atomic mass is 10.1. The van der Waals surface area contributed by atoms with Crippen LogP contribution in [0, 0.1) is 5.82 Å². The van der Waals surface area contributed by atoms with Crippen molar-refractivity contribution in [2.75, 3.05) is 0 Å². The quantitative estimate of drug-likeness (QED) is 0.797. The van der Waals surface area contributed by atoms with E-state index in [1.54, 1.807) is 18.5 Å². The number of aromatic amines is 1. The van der Waals surface area contributed by atoms with Crippen LogP contribution in [0.5, 0.6) is 0 Å². The van der Waals surface area contributed by atoms with E-state index in [2.05, 4.69) is 15.1 Å². The van der Waals surface area contributed by atoms with Crippen LogP contribution >= 0.6 is 0 Å². The number of hydrogen-bond donors (Lipinski definition) is 1. The number of nitrogens with one attached hydrogen (secondary N) is 1. The van der Waals surface area contributed by atoms with E-state index in [4.69, 9.17) is 0 Å². The molecule has 0 spiro atoms. The van der Waals surface area contributed by atoms with Gasteiger partial charge in [0.25, 0.3) is 0 Å². The summed E-state index contributed by atoms with van der Waals surface area (Å²) in [7, 11) is 0. The fourth-order valence-corrected chi connectivity index (χ4v) is 1.90. The molecule has 1 N–H and O–H groups in total. The van der Waals surface area contributed by atoms with E-state index in [-0.39, 0.29) is 5.69 Å². The Kier molecular flexibility index (Phi) is 3.02. The van der Waals surface area contributed by atoms with E-state index < -0.39 is 12.4 Å². The van der Waals surface area contributed by atoms with Crippen molar-refractivity contribution >= 4 is 0 Å². The third kappa shape index (κ3) is 2.18. The molecular weight excluding hydrogens is 269 g/mol. The second kappa shape index (κ2) is 4.84. The number of alkyl halides is 2. The van der Waals surface area contributed by atoms with Crippen molar-refractivity contribution in [3.05, 3.63) is 48.8 Å². The summed E-state index contributed by atoms with van der Waals surface area (Å²) in [5, 5.41) is 3.83. The second-order valence-electron chi connectivity index (χ2n) is 4.11. The minimum Gasteiger partial charge on any atom is -0.367 e. The number of hydrogen-bond acceptors (Lipinski definition) is 2. The summed E-state index contributed by atoms with van der Waals surface area (Å²) in [6, 6.07) is 4.36. The fraction of sp³-hybridized carbons (Fsp3) is 0.0769. The molecule has 0 aliphatic carbocycles. The van der Waals surface area contributed by atoms with Crippen LogP contribution in [-0.2, 0) is 0 Å². The van der Waals surface area contributed by atoms with E-state index in [1.165, 1.54) is 18.3 Å². The second-order valence-corrected chi connectivity index (χ2v) is 4.11. The molecule has 0 unspecified atom stereocenters. The minimum atomic E-state index is -2.75. The smallest absolute Gasteiger partial charge is 0.333 e. The Morgan fingerprint density at radius 3 is 2.65 bits per heavy atom. The minimum absolute atomic E-state index is 0.282. The third-order valence-electron chi connectivity index (χ3n) is 2.81. The lowest BCUT2D eigenvalue weighted by molar-refractivity contribution is 0.0569. The molecule has 20 heavy (non-hydrogen) atoms. The number of halogens is 3. The first-order valence-corrected chi connectivity index (χ1v) is 5.77. The first-order chi connectivity index (χ1) is 9.65. The normalized spacial score (nSPS) is 11.2. The molecule has 4 nitrogen and oxygen atoms in total. The Morgan fingerprint density at radius 1 is 1.20 bits per heavy atom. The van der Waals surface area contributed by atoms with Crippen molar-refractivity contribution in [1.82, 2.24) is 19.7 Å².